The summed E-state index contributed by atoms with van der Waals surface area (Å²) in [7, 11) is 0. The largest absolute Gasteiger partial charge is 0.501 e. The highest BCUT2D eigenvalue weighted by Gasteiger charge is 1.98. The summed E-state index contributed by atoms with van der Waals surface area (Å²) < 4.78 is 29.9. The number of rotatable bonds is 3. The van der Waals surface area contributed by atoms with Gasteiger partial charge in [-0.3, -0.25) is 0 Å². The Balaban J connectivity index is 2.77. The van der Waals surface area contributed by atoms with Gasteiger partial charge in [0.1, 0.15) is 5.82 Å². The molecule has 0 unspecified atom stereocenters. The Morgan fingerprint density at radius 3 is 2.85 bits per heavy atom. The lowest BCUT2D eigenvalue weighted by Crippen LogP contribution is -1.89. The van der Waals surface area contributed by atoms with Gasteiger partial charge in [-0.2, -0.15) is 4.39 Å². The molecule has 0 fully saturated rings. The molecule has 1 rings (SSSR count). The minimum absolute atomic E-state index is 0.200. The van der Waals surface area contributed by atoms with Crippen molar-refractivity contribution in [1.29, 1.82) is 0 Å². The minimum atomic E-state index is -0.837. The molecule has 0 N–H and O–H groups in total. The Kier molecular flexibility index (Phi) is 3.37. The zero-order valence-corrected chi connectivity index (χ0v) is 7.13. The third-order valence-corrected chi connectivity index (χ3v) is 1.28. The van der Waals surface area contributed by atoms with Gasteiger partial charge >= 0.3 is 0 Å². The highest BCUT2D eigenvalue weighted by Crippen LogP contribution is 2.04. The minimum Gasteiger partial charge on any atom is -0.501 e. The highest BCUT2D eigenvalue weighted by atomic mass is 19.1. The molecule has 0 aliphatic rings. The monoisotopic (exact) mass is 185 g/mol. The summed E-state index contributed by atoms with van der Waals surface area (Å²) in [6.07, 6.45) is 2.75. The third-order valence-electron chi connectivity index (χ3n) is 1.28. The van der Waals surface area contributed by atoms with E-state index in [0.717, 1.165) is 12.1 Å². The quantitative estimate of drug-likeness (QED) is 0.532. The van der Waals surface area contributed by atoms with E-state index < -0.39 is 11.8 Å². The molecule has 1 heterocycles. The number of hydrogen-bond acceptors (Lipinski definition) is 2. The lowest BCUT2D eigenvalue weighted by Gasteiger charge is -1.95. The first-order chi connectivity index (χ1) is 6.22. The number of halogens is 2. The number of ether oxygens (including phenoxy) is 1. The zero-order valence-electron chi connectivity index (χ0n) is 7.13. The van der Waals surface area contributed by atoms with Crippen LogP contribution in [-0.2, 0) is 4.74 Å². The van der Waals surface area contributed by atoms with Gasteiger partial charge < -0.3 is 4.74 Å². The zero-order chi connectivity index (χ0) is 9.68. The predicted octanol–water partition coefficient (Wildman–Crippen LogP) is 2.37. The molecule has 0 atom stereocenters. The normalized spacial score (nSPS) is 10.7. The molecule has 0 radical (unpaired) electrons. The molecule has 0 aliphatic carbocycles. The van der Waals surface area contributed by atoms with E-state index in [2.05, 4.69) is 4.98 Å². The van der Waals surface area contributed by atoms with Gasteiger partial charge in [0, 0.05) is 6.07 Å². The van der Waals surface area contributed by atoms with Gasteiger partial charge in [-0.1, -0.05) is 0 Å². The molecule has 0 saturated heterocycles. The van der Waals surface area contributed by atoms with Crippen LogP contribution in [0.3, 0.4) is 0 Å². The fourth-order valence-electron chi connectivity index (χ4n) is 0.784. The second kappa shape index (κ2) is 4.54. The SMILES string of the molecule is CCOC=Cc1cc(F)cc(F)n1. The number of hydrogen-bond donors (Lipinski definition) is 0. The van der Waals surface area contributed by atoms with E-state index in [0.29, 0.717) is 6.61 Å². The van der Waals surface area contributed by atoms with Gasteiger partial charge in [-0.05, 0) is 19.1 Å². The van der Waals surface area contributed by atoms with Crippen LogP contribution in [0.4, 0.5) is 8.78 Å². The first kappa shape index (κ1) is 9.64. The van der Waals surface area contributed by atoms with Crippen LogP contribution in [0, 0.1) is 11.8 Å². The number of nitrogens with zero attached hydrogens (tertiary/aromatic N) is 1. The smallest absolute Gasteiger partial charge is 0.216 e. The Morgan fingerprint density at radius 1 is 1.46 bits per heavy atom. The molecule has 4 heteroatoms. The maximum absolute atomic E-state index is 12.6. The van der Waals surface area contributed by atoms with Crippen molar-refractivity contribution in [1.82, 2.24) is 4.98 Å². The van der Waals surface area contributed by atoms with Crippen LogP contribution in [0.2, 0.25) is 0 Å². The molecule has 0 bridgehead atoms. The van der Waals surface area contributed by atoms with Gasteiger partial charge in [-0.15, -0.1) is 0 Å². The summed E-state index contributed by atoms with van der Waals surface area (Å²) >= 11 is 0. The summed E-state index contributed by atoms with van der Waals surface area (Å²) in [4.78, 5) is 3.43. The molecular weight excluding hydrogens is 176 g/mol. The number of aromatic nitrogens is 1. The van der Waals surface area contributed by atoms with Crippen molar-refractivity contribution in [2.24, 2.45) is 0 Å². The van der Waals surface area contributed by atoms with E-state index in [1.807, 2.05) is 6.92 Å². The molecule has 0 aliphatic heterocycles. The summed E-state index contributed by atoms with van der Waals surface area (Å²) in [5, 5.41) is 0. The second-order valence-corrected chi connectivity index (χ2v) is 2.29. The molecule has 0 spiro atoms. The van der Waals surface area contributed by atoms with Gasteiger partial charge in [0.2, 0.25) is 5.95 Å². The van der Waals surface area contributed by atoms with Crippen LogP contribution >= 0.6 is 0 Å². The molecule has 70 valence electrons. The molecule has 2 nitrogen and oxygen atoms in total. The van der Waals surface area contributed by atoms with Crippen molar-refractivity contribution < 1.29 is 13.5 Å². The van der Waals surface area contributed by atoms with Crippen LogP contribution in [0.1, 0.15) is 12.6 Å². The molecule has 0 saturated carbocycles. The van der Waals surface area contributed by atoms with Crippen molar-refractivity contribution in [3.05, 3.63) is 35.9 Å². The average Bonchev–Trinajstić information content (AvgIpc) is 2.03. The van der Waals surface area contributed by atoms with Crippen LogP contribution in [0.25, 0.3) is 6.08 Å². The fourth-order valence-corrected chi connectivity index (χ4v) is 0.784. The van der Waals surface area contributed by atoms with Crippen LogP contribution in [-0.4, -0.2) is 11.6 Å². The Morgan fingerprint density at radius 2 is 2.23 bits per heavy atom. The molecule has 13 heavy (non-hydrogen) atoms. The first-order valence-corrected chi connectivity index (χ1v) is 3.83. The van der Waals surface area contributed by atoms with Gasteiger partial charge in [0.15, 0.2) is 0 Å². The van der Waals surface area contributed by atoms with E-state index in [-0.39, 0.29) is 5.69 Å². The Hall–Kier alpha value is -1.45. The summed E-state index contributed by atoms with van der Waals surface area (Å²) in [5.74, 6) is -1.49. The van der Waals surface area contributed by atoms with Crippen molar-refractivity contribution in [2.75, 3.05) is 6.61 Å². The fraction of sp³-hybridized carbons (Fsp3) is 0.222. The Bertz CT molecular complexity index is 292. The lowest BCUT2D eigenvalue weighted by molar-refractivity contribution is 0.272. The Labute approximate surface area is 74.9 Å². The molecular formula is C9H9F2NO. The molecule has 1 aromatic rings. The summed E-state index contributed by atoms with van der Waals surface area (Å²) in [6, 6.07) is 1.84. The maximum atomic E-state index is 12.6. The molecule has 0 aromatic carbocycles. The van der Waals surface area contributed by atoms with Gasteiger partial charge in [0.05, 0.1) is 18.6 Å². The van der Waals surface area contributed by atoms with Crippen molar-refractivity contribution >= 4 is 6.08 Å². The molecule has 0 amide bonds. The van der Waals surface area contributed by atoms with E-state index in [1.165, 1.54) is 12.3 Å². The van der Waals surface area contributed by atoms with Crippen molar-refractivity contribution in [2.45, 2.75) is 6.92 Å². The third kappa shape index (κ3) is 3.19. The van der Waals surface area contributed by atoms with E-state index in [1.54, 1.807) is 0 Å². The van der Waals surface area contributed by atoms with Crippen molar-refractivity contribution in [3.63, 3.8) is 0 Å². The van der Waals surface area contributed by atoms with Crippen LogP contribution in [0.5, 0.6) is 0 Å². The van der Waals surface area contributed by atoms with Crippen molar-refractivity contribution in [3.8, 4) is 0 Å². The van der Waals surface area contributed by atoms with Gasteiger partial charge in [0.25, 0.3) is 0 Å². The highest BCUT2D eigenvalue weighted by molar-refractivity contribution is 5.42. The van der Waals surface area contributed by atoms with E-state index in [4.69, 9.17) is 4.74 Å². The topological polar surface area (TPSA) is 22.1 Å². The predicted molar refractivity (Wildman–Crippen MR) is 44.8 cm³/mol. The summed E-state index contributed by atoms with van der Waals surface area (Å²) in [5.41, 5.74) is 0.200. The average molecular weight is 185 g/mol. The lowest BCUT2D eigenvalue weighted by atomic mass is 10.3. The first-order valence-electron chi connectivity index (χ1n) is 3.83. The van der Waals surface area contributed by atoms with Gasteiger partial charge in [-0.25, -0.2) is 9.37 Å². The summed E-state index contributed by atoms with van der Waals surface area (Å²) in [6.45, 7) is 2.32. The number of pyridine rings is 1. The maximum Gasteiger partial charge on any atom is 0.216 e. The van der Waals surface area contributed by atoms with Crippen LogP contribution in [0.15, 0.2) is 18.4 Å². The second-order valence-electron chi connectivity index (χ2n) is 2.29. The molecule has 1 aromatic heterocycles. The van der Waals surface area contributed by atoms with Crippen LogP contribution < -0.4 is 0 Å². The standard InChI is InChI=1S/C9H9F2NO/c1-2-13-4-3-8-5-7(10)6-9(11)12-8/h3-6H,2H2,1H3. The van der Waals surface area contributed by atoms with E-state index >= 15 is 0 Å². The van der Waals surface area contributed by atoms with E-state index in [9.17, 15) is 8.78 Å².